The van der Waals surface area contributed by atoms with Crippen LogP contribution in [0.15, 0.2) is 41.0 Å². The molecule has 0 saturated carbocycles. The van der Waals surface area contributed by atoms with Crippen molar-refractivity contribution in [2.24, 2.45) is 5.84 Å². The number of hydrogen-bond donors (Lipinski definition) is 2. The first-order valence-electron chi connectivity index (χ1n) is 6.13. The molecule has 0 fully saturated rings. The standard InChI is InChI=1S/C14H14N4O/c1-2-9-7-13(18-15)17-14(16-9)11-8-19-12-6-4-3-5-10(11)12/h3-8H,2,15H2,1H3,(H,16,17,18). The Morgan fingerprint density at radius 3 is 2.89 bits per heavy atom. The Hall–Kier alpha value is -2.40. The molecule has 0 aliphatic carbocycles. The second-order valence-electron chi connectivity index (χ2n) is 4.21. The van der Waals surface area contributed by atoms with Crippen LogP contribution < -0.4 is 11.3 Å². The van der Waals surface area contributed by atoms with E-state index in [1.165, 1.54) is 0 Å². The Morgan fingerprint density at radius 1 is 1.26 bits per heavy atom. The van der Waals surface area contributed by atoms with Crippen molar-refractivity contribution in [3.8, 4) is 11.4 Å². The molecule has 0 saturated heterocycles. The summed E-state index contributed by atoms with van der Waals surface area (Å²) in [5, 5.41) is 0.999. The Balaban J connectivity index is 2.20. The highest BCUT2D eigenvalue weighted by Gasteiger charge is 2.12. The second-order valence-corrected chi connectivity index (χ2v) is 4.21. The van der Waals surface area contributed by atoms with Gasteiger partial charge < -0.3 is 9.84 Å². The van der Waals surface area contributed by atoms with Crippen LogP contribution in [-0.2, 0) is 6.42 Å². The highest BCUT2D eigenvalue weighted by atomic mass is 16.3. The minimum atomic E-state index is 0.604. The van der Waals surface area contributed by atoms with Crippen LogP contribution in [0.25, 0.3) is 22.4 Å². The highest BCUT2D eigenvalue weighted by molar-refractivity contribution is 5.92. The number of fused-ring (bicyclic) bond motifs is 1. The zero-order valence-electron chi connectivity index (χ0n) is 10.6. The minimum absolute atomic E-state index is 0.604. The summed E-state index contributed by atoms with van der Waals surface area (Å²) in [6.07, 6.45) is 2.50. The van der Waals surface area contributed by atoms with Gasteiger partial charge in [0, 0.05) is 17.1 Å². The lowest BCUT2D eigenvalue weighted by atomic mass is 10.1. The van der Waals surface area contributed by atoms with Gasteiger partial charge in [0.2, 0.25) is 0 Å². The summed E-state index contributed by atoms with van der Waals surface area (Å²) >= 11 is 0. The molecule has 5 heteroatoms. The number of nitrogen functional groups attached to an aromatic ring is 1. The van der Waals surface area contributed by atoms with Crippen LogP contribution in [0.5, 0.6) is 0 Å². The number of anilines is 1. The number of nitrogens with zero attached hydrogens (tertiary/aromatic N) is 2. The maximum atomic E-state index is 5.52. The molecule has 3 rings (SSSR count). The molecule has 0 bridgehead atoms. The van der Waals surface area contributed by atoms with Crippen molar-refractivity contribution in [3.05, 3.63) is 42.3 Å². The average molecular weight is 254 g/mol. The molecule has 0 aliphatic rings. The number of para-hydroxylation sites is 1. The summed E-state index contributed by atoms with van der Waals surface area (Å²) < 4.78 is 5.52. The van der Waals surface area contributed by atoms with E-state index in [2.05, 4.69) is 15.4 Å². The van der Waals surface area contributed by atoms with Crippen molar-refractivity contribution in [1.29, 1.82) is 0 Å². The highest BCUT2D eigenvalue weighted by Crippen LogP contribution is 2.28. The number of furan rings is 1. The van der Waals surface area contributed by atoms with E-state index in [4.69, 9.17) is 10.3 Å². The molecule has 3 aromatic rings. The summed E-state index contributed by atoms with van der Waals surface area (Å²) in [4.78, 5) is 8.91. The molecule has 96 valence electrons. The zero-order valence-corrected chi connectivity index (χ0v) is 10.6. The Bertz CT molecular complexity index is 698. The fourth-order valence-corrected chi connectivity index (χ4v) is 2.02. The zero-order chi connectivity index (χ0) is 13.2. The van der Waals surface area contributed by atoms with Crippen molar-refractivity contribution in [3.63, 3.8) is 0 Å². The molecule has 0 unspecified atom stereocenters. The lowest BCUT2D eigenvalue weighted by Gasteiger charge is -2.05. The predicted octanol–water partition coefficient (Wildman–Crippen LogP) is 2.74. The molecule has 2 aromatic heterocycles. The van der Waals surface area contributed by atoms with Crippen LogP contribution in [0.3, 0.4) is 0 Å². The number of benzene rings is 1. The topological polar surface area (TPSA) is 77.0 Å². The number of rotatable bonds is 3. The average Bonchev–Trinajstić information content (AvgIpc) is 2.90. The lowest BCUT2D eigenvalue weighted by Crippen LogP contribution is -2.10. The first-order chi connectivity index (χ1) is 9.31. The van der Waals surface area contributed by atoms with E-state index in [-0.39, 0.29) is 0 Å². The fraction of sp³-hybridized carbons (Fsp3) is 0.143. The van der Waals surface area contributed by atoms with Gasteiger partial charge in [-0.2, -0.15) is 0 Å². The van der Waals surface area contributed by atoms with Gasteiger partial charge in [0.15, 0.2) is 5.82 Å². The summed E-state index contributed by atoms with van der Waals surface area (Å²) in [5.41, 5.74) is 5.21. The molecule has 0 aliphatic heterocycles. The quantitative estimate of drug-likeness (QED) is 0.555. The maximum absolute atomic E-state index is 5.52. The van der Waals surface area contributed by atoms with Crippen molar-refractivity contribution in [2.45, 2.75) is 13.3 Å². The van der Waals surface area contributed by atoms with Gasteiger partial charge >= 0.3 is 0 Å². The Labute approximate surface area is 110 Å². The van der Waals surface area contributed by atoms with E-state index in [0.717, 1.165) is 28.6 Å². The number of nitrogens with two attached hydrogens (primary N) is 1. The van der Waals surface area contributed by atoms with Crippen LogP contribution in [0.2, 0.25) is 0 Å². The molecule has 1 aromatic carbocycles. The molecule has 0 radical (unpaired) electrons. The van der Waals surface area contributed by atoms with Crippen molar-refractivity contribution in [2.75, 3.05) is 5.43 Å². The fourth-order valence-electron chi connectivity index (χ4n) is 2.02. The van der Waals surface area contributed by atoms with Crippen molar-refractivity contribution >= 4 is 16.8 Å². The van der Waals surface area contributed by atoms with Crippen molar-refractivity contribution < 1.29 is 4.42 Å². The maximum Gasteiger partial charge on any atom is 0.165 e. The number of hydrazine groups is 1. The Kier molecular flexibility index (Phi) is 2.89. The molecule has 0 amide bonds. The predicted molar refractivity (Wildman–Crippen MR) is 74.4 cm³/mol. The van der Waals surface area contributed by atoms with E-state index >= 15 is 0 Å². The van der Waals surface area contributed by atoms with Gasteiger partial charge in [-0.1, -0.05) is 25.1 Å². The normalized spacial score (nSPS) is 10.8. The third kappa shape index (κ3) is 2.04. The molecule has 5 nitrogen and oxygen atoms in total. The van der Waals surface area contributed by atoms with E-state index in [0.29, 0.717) is 11.6 Å². The molecular weight excluding hydrogens is 240 g/mol. The van der Waals surface area contributed by atoms with Gasteiger partial charge in [-0.3, -0.25) is 0 Å². The summed E-state index contributed by atoms with van der Waals surface area (Å²) in [6.45, 7) is 2.04. The van der Waals surface area contributed by atoms with Gasteiger partial charge in [0.25, 0.3) is 0 Å². The summed E-state index contributed by atoms with van der Waals surface area (Å²) in [5.74, 6) is 6.67. The lowest BCUT2D eigenvalue weighted by molar-refractivity contribution is 0.616. The minimum Gasteiger partial charge on any atom is -0.464 e. The molecule has 0 spiro atoms. The first-order valence-corrected chi connectivity index (χ1v) is 6.13. The SMILES string of the molecule is CCc1cc(NN)nc(-c2coc3ccccc23)n1. The van der Waals surface area contributed by atoms with Crippen LogP contribution >= 0.6 is 0 Å². The van der Waals surface area contributed by atoms with E-state index in [1.54, 1.807) is 6.26 Å². The van der Waals surface area contributed by atoms with Crippen LogP contribution in [0.4, 0.5) is 5.82 Å². The van der Waals surface area contributed by atoms with Gasteiger partial charge in [0.1, 0.15) is 17.7 Å². The largest absolute Gasteiger partial charge is 0.464 e. The molecule has 0 atom stereocenters. The van der Waals surface area contributed by atoms with E-state index in [1.807, 2.05) is 37.3 Å². The third-order valence-corrected chi connectivity index (χ3v) is 3.01. The summed E-state index contributed by atoms with van der Waals surface area (Å²) in [7, 11) is 0. The smallest absolute Gasteiger partial charge is 0.165 e. The van der Waals surface area contributed by atoms with Gasteiger partial charge in [-0.15, -0.1) is 0 Å². The number of nitrogens with one attached hydrogen (secondary N) is 1. The molecular formula is C14H14N4O. The molecule has 3 N–H and O–H groups in total. The molecule has 2 heterocycles. The van der Waals surface area contributed by atoms with E-state index in [9.17, 15) is 0 Å². The second kappa shape index (κ2) is 4.70. The van der Waals surface area contributed by atoms with E-state index < -0.39 is 0 Å². The monoisotopic (exact) mass is 254 g/mol. The van der Waals surface area contributed by atoms with Gasteiger partial charge in [0.05, 0.1) is 5.56 Å². The number of aryl methyl sites for hydroxylation is 1. The van der Waals surface area contributed by atoms with Crippen molar-refractivity contribution in [1.82, 2.24) is 9.97 Å². The van der Waals surface area contributed by atoms with Gasteiger partial charge in [-0.25, -0.2) is 15.8 Å². The number of hydrogen-bond acceptors (Lipinski definition) is 5. The summed E-state index contributed by atoms with van der Waals surface area (Å²) in [6, 6.07) is 9.65. The van der Waals surface area contributed by atoms with Crippen LogP contribution in [0, 0.1) is 0 Å². The Morgan fingerprint density at radius 2 is 2.11 bits per heavy atom. The van der Waals surface area contributed by atoms with Crippen LogP contribution in [0.1, 0.15) is 12.6 Å². The molecule has 19 heavy (non-hydrogen) atoms. The first kappa shape index (κ1) is 11.7. The van der Waals surface area contributed by atoms with Gasteiger partial charge in [-0.05, 0) is 12.5 Å². The van der Waals surface area contributed by atoms with Crippen LogP contribution in [-0.4, -0.2) is 9.97 Å². The number of aromatic nitrogens is 2. The third-order valence-electron chi connectivity index (χ3n) is 3.01.